The van der Waals surface area contributed by atoms with Crippen molar-refractivity contribution in [2.45, 2.75) is 10.1 Å². The number of hydrogen-bond donors (Lipinski definition) is 1. The highest BCUT2D eigenvalue weighted by molar-refractivity contribution is 8.01. The molecule has 2 aromatic carbocycles. The molecule has 0 spiro atoms. The average Bonchev–Trinajstić information content (AvgIpc) is 2.84. The summed E-state index contributed by atoms with van der Waals surface area (Å²) in [6.45, 7) is 0. The zero-order chi connectivity index (χ0) is 16.4. The molecular weight excluding hydrogens is 316 g/mol. The molecule has 1 atom stereocenters. The Balaban J connectivity index is 1.78. The molecule has 3 rings (SSSR count). The van der Waals surface area contributed by atoms with Crippen LogP contribution in [-0.2, 0) is 4.79 Å². The molecule has 0 aliphatic carbocycles. The standard InChI is InChI=1S/C15H12N4O3S/c16-14-13(23-12-8-6-11(7-9-12)19(21)22)15(20)18(17-14)10-4-2-1-3-5-10/h1-9,13H,(H2,16,17)/t13-/m1/s1. The van der Waals surface area contributed by atoms with E-state index in [9.17, 15) is 14.9 Å². The molecule has 1 aliphatic rings. The first kappa shape index (κ1) is 15.0. The molecule has 1 aliphatic heterocycles. The highest BCUT2D eigenvalue weighted by Gasteiger charge is 2.36. The van der Waals surface area contributed by atoms with Crippen molar-refractivity contribution in [1.29, 1.82) is 0 Å². The van der Waals surface area contributed by atoms with Crippen molar-refractivity contribution in [2.75, 3.05) is 5.01 Å². The van der Waals surface area contributed by atoms with E-state index < -0.39 is 10.2 Å². The van der Waals surface area contributed by atoms with Crippen LogP contribution >= 0.6 is 11.8 Å². The van der Waals surface area contributed by atoms with Gasteiger partial charge in [0.05, 0.1) is 10.6 Å². The van der Waals surface area contributed by atoms with Gasteiger partial charge in [-0.15, -0.1) is 11.8 Å². The monoisotopic (exact) mass is 328 g/mol. The Bertz CT molecular complexity index is 777. The van der Waals surface area contributed by atoms with Crippen LogP contribution in [0.25, 0.3) is 0 Å². The molecule has 116 valence electrons. The predicted molar refractivity (Wildman–Crippen MR) is 88.3 cm³/mol. The molecular formula is C15H12N4O3S. The molecule has 0 saturated carbocycles. The maximum absolute atomic E-state index is 12.5. The molecule has 8 heteroatoms. The van der Waals surface area contributed by atoms with E-state index in [2.05, 4.69) is 5.10 Å². The summed E-state index contributed by atoms with van der Waals surface area (Å²) < 4.78 is 0. The van der Waals surface area contributed by atoms with Gasteiger partial charge in [-0.2, -0.15) is 10.1 Å². The number of carbonyl (C=O) groups excluding carboxylic acids is 1. The zero-order valence-electron chi connectivity index (χ0n) is 11.8. The lowest BCUT2D eigenvalue weighted by molar-refractivity contribution is -0.384. The number of anilines is 1. The highest BCUT2D eigenvalue weighted by Crippen LogP contribution is 2.31. The second-order valence-corrected chi connectivity index (χ2v) is 5.94. The summed E-state index contributed by atoms with van der Waals surface area (Å²) in [7, 11) is 0. The summed E-state index contributed by atoms with van der Waals surface area (Å²) in [5, 5.41) is 15.4. The van der Waals surface area contributed by atoms with Gasteiger partial charge in [0.25, 0.3) is 11.6 Å². The molecule has 0 radical (unpaired) electrons. The fourth-order valence-electron chi connectivity index (χ4n) is 2.10. The Morgan fingerprint density at radius 1 is 1.13 bits per heavy atom. The van der Waals surface area contributed by atoms with Crippen molar-refractivity contribution >= 4 is 34.9 Å². The predicted octanol–water partition coefficient (Wildman–Crippen LogP) is 2.37. The molecule has 2 aromatic rings. The third-order valence-corrected chi connectivity index (χ3v) is 4.44. The van der Waals surface area contributed by atoms with Crippen molar-refractivity contribution in [1.82, 2.24) is 0 Å². The number of nitrogens with two attached hydrogens (primary N) is 1. The van der Waals surface area contributed by atoms with Crippen LogP contribution in [0.5, 0.6) is 0 Å². The summed E-state index contributed by atoms with van der Waals surface area (Å²) in [6.07, 6.45) is 0. The van der Waals surface area contributed by atoms with Gasteiger partial charge in [0, 0.05) is 17.0 Å². The van der Waals surface area contributed by atoms with E-state index in [0.29, 0.717) is 10.6 Å². The number of carbonyl (C=O) groups is 1. The van der Waals surface area contributed by atoms with E-state index in [4.69, 9.17) is 5.73 Å². The van der Waals surface area contributed by atoms with Crippen LogP contribution in [0.3, 0.4) is 0 Å². The number of rotatable bonds is 4. The molecule has 2 N–H and O–H groups in total. The van der Waals surface area contributed by atoms with Gasteiger partial charge in [-0.05, 0) is 24.3 Å². The quantitative estimate of drug-likeness (QED) is 0.686. The van der Waals surface area contributed by atoms with Crippen LogP contribution < -0.4 is 10.7 Å². The van der Waals surface area contributed by atoms with Crippen molar-refractivity contribution in [3.05, 3.63) is 64.7 Å². The number of nitro benzene ring substituents is 1. The van der Waals surface area contributed by atoms with Gasteiger partial charge in [0.15, 0.2) is 0 Å². The Hall–Kier alpha value is -2.87. The zero-order valence-corrected chi connectivity index (χ0v) is 12.6. The van der Waals surface area contributed by atoms with Gasteiger partial charge >= 0.3 is 0 Å². The molecule has 7 nitrogen and oxygen atoms in total. The van der Waals surface area contributed by atoms with Crippen molar-refractivity contribution in [3.63, 3.8) is 0 Å². The fourth-order valence-corrected chi connectivity index (χ4v) is 3.04. The van der Waals surface area contributed by atoms with Crippen LogP contribution in [0.1, 0.15) is 0 Å². The third-order valence-electron chi connectivity index (χ3n) is 3.22. The number of thioether (sulfide) groups is 1. The first-order valence-electron chi connectivity index (χ1n) is 6.70. The molecule has 0 saturated heterocycles. The third kappa shape index (κ3) is 3.02. The number of benzene rings is 2. The highest BCUT2D eigenvalue weighted by atomic mass is 32.2. The number of hydrazone groups is 1. The van der Waals surface area contributed by atoms with Gasteiger partial charge in [0.1, 0.15) is 11.1 Å². The minimum atomic E-state index is -0.642. The molecule has 1 heterocycles. The first-order chi connectivity index (χ1) is 11.1. The normalized spacial score (nSPS) is 17.2. The molecule has 23 heavy (non-hydrogen) atoms. The number of nitro groups is 1. The van der Waals surface area contributed by atoms with E-state index in [1.54, 1.807) is 24.3 Å². The lowest BCUT2D eigenvalue weighted by atomic mass is 10.3. The lowest BCUT2D eigenvalue weighted by Crippen LogP contribution is -2.32. The minimum Gasteiger partial charge on any atom is -0.384 e. The van der Waals surface area contributed by atoms with E-state index in [-0.39, 0.29) is 17.4 Å². The lowest BCUT2D eigenvalue weighted by Gasteiger charge is -2.13. The summed E-state index contributed by atoms with van der Waals surface area (Å²) in [5.41, 5.74) is 6.53. The van der Waals surface area contributed by atoms with Crippen LogP contribution in [-0.4, -0.2) is 21.9 Å². The van der Waals surface area contributed by atoms with Gasteiger partial charge < -0.3 is 5.73 Å². The smallest absolute Gasteiger partial charge is 0.269 e. The van der Waals surface area contributed by atoms with E-state index in [0.717, 1.165) is 0 Å². The van der Waals surface area contributed by atoms with Gasteiger partial charge in [-0.25, -0.2) is 0 Å². The first-order valence-corrected chi connectivity index (χ1v) is 7.58. The van der Waals surface area contributed by atoms with Crippen molar-refractivity contribution in [3.8, 4) is 0 Å². The number of nitrogens with zero attached hydrogens (tertiary/aromatic N) is 3. The van der Waals surface area contributed by atoms with E-state index in [1.165, 1.54) is 28.9 Å². The number of amides is 1. The maximum atomic E-state index is 12.5. The number of hydrogen-bond acceptors (Lipinski definition) is 6. The largest absolute Gasteiger partial charge is 0.384 e. The molecule has 0 unspecified atom stereocenters. The van der Waals surface area contributed by atoms with Crippen LogP contribution in [0.15, 0.2) is 64.6 Å². The number of amidine groups is 1. The number of non-ortho nitro benzene ring substituents is 1. The molecule has 0 bridgehead atoms. The Labute approximate surface area is 135 Å². The second-order valence-electron chi connectivity index (χ2n) is 4.76. The van der Waals surface area contributed by atoms with Gasteiger partial charge in [0.2, 0.25) is 0 Å². The summed E-state index contributed by atoms with van der Waals surface area (Å²) >= 11 is 1.22. The minimum absolute atomic E-state index is 0.000324. The SMILES string of the molecule is NC1=NN(c2ccccc2)C(=O)[C@@H]1Sc1ccc([N+](=O)[O-])cc1. The molecule has 0 aromatic heterocycles. The summed E-state index contributed by atoms with van der Waals surface area (Å²) in [6, 6.07) is 15.0. The van der Waals surface area contributed by atoms with Gasteiger partial charge in [-0.1, -0.05) is 18.2 Å². The molecule has 1 amide bonds. The average molecular weight is 328 g/mol. The Kier molecular flexibility index (Phi) is 3.98. The second kappa shape index (κ2) is 6.09. The van der Waals surface area contributed by atoms with E-state index in [1.807, 2.05) is 18.2 Å². The van der Waals surface area contributed by atoms with Crippen molar-refractivity contribution in [2.24, 2.45) is 10.8 Å². The summed E-state index contributed by atoms with van der Waals surface area (Å²) in [4.78, 5) is 23.4. The van der Waals surface area contributed by atoms with Crippen LogP contribution in [0, 0.1) is 10.1 Å². The Morgan fingerprint density at radius 2 is 1.78 bits per heavy atom. The maximum Gasteiger partial charge on any atom is 0.269 e. The van der Waals surface area contributed by atoms with Crippen LogP contribution in [0.4, 0.5) is 11.4 Å². The van der Waals surface area contributed by atoms with Crippen molar-refractivity contribution < 1.29 is 9.72 Å². The van der Waals surface area contributed by atoms with Gasteiger partial charge in [-0.3, -0.25) is 14.9 Å². The van der Waals surface area contributed by atoms with E-state index >= 15 is 0 Å². The fraction of sp³-hybridized carbons (Fsp3) is 0.0667. The number of para-hydroxylation sites is 1. The molecule has 0 fully saturated rings. The summed E-state index contributed by atoms with van der Waals surface area (Å²) in [5.74, 6) is -0.0285. The topological polar surface area (TPSA) is 102 Å². The van der Waals surface area contributed by atoms with Crippen LogP contribution in [0.2, 0.25) is 0 Å². The Morgan fingerprint density at radius 3 is 2.39 bits per heavy atom.